The molecular formula is C36H30Cl2F6SiZr. The average molecular weight is 767 g/mol. The number of halogens is 8. The second-order valence-electron chi connectivity index (χ2n) is 11.8. The molecule has 5 aromatic rings. The maximum Gasteiger partial charge on any atom is 0.0920 e. The van der Waals surface area contributed by atoms with Gasteiger partial charge in [0.05, 0.1) is 20.6 Å². The fourth-order valence-corrected chi connectivity index (χ4v) is 6.85. The van der Waals surface area contributed by atoms with Gasteiger partial charge in [-0.15, -0.1) is 40.1 Å². The largest absolute Gasteiger partial charge is 0.184 e. The van der Waals surface area contributed by atoms with Crippen molar-refractivity contribution < 1.29 is 47.2 Å². The first-order valence-electron chi connectivity index (χ1n) is 14.4. The molecule has 0 bridgehead atoms. The summed E-state index contributed by atoms with van der Waals surface area (Å²) in [6.45, 7) is 7.70. The molecule has 0 aliphatic carbocycles. The van der Waals surface area contributed by atoms with E-state index >= 15 is 0 Å². The van der Waals surface area contributed by atoms with Crippen LogP contribution in [0, 0.1) is 6.07 Å². The summed E-state index contributed by atoms with van der Waals surface area (Å²) in [5, 5.41) is 4.31. The number of hydrogen-bond donors (Lipinski definition) is 0. The molecule has 1 aliphatic heterocycles. The number of alkyl halides is 6. The van der Waals surface area contributed by atoms with Gasteiger partial charge in [-0.3, -0.25) is 0 Å². The zero-order chi connectivity index (χ0) is 33.9. The van der Waals surface area contributed by atoms with Crippen LogP contribution >= 0.6 is 17.0 Å². The summed E-state index contributed by atoms with van der Waals surface area (Å²) in [6.07, 6.45) is -8.09. The molecule has 5 aromatic carbocycles. The van der Waals surface area contributed by atoms with Gasteiger partial charge in [0, 0.05) is 0 Å². The summed E-state index contributed by atoms with van der Waals surface area (Å²) >= 11 is -0.826. The van der Waals surface area contributed by atoms with E-state index in [-0.39, 0.29) is 11.6 Å². The number of rotatable bonds is 3. The molecule has 0 unspecified atom stereocenters. The van der Waals surface area contributed by atoms with Crippen LogP contribution in [-0.4, -0.2) is 9.52 Å². The fraction of sp³-hybridized carbons (Fsp3) is 0.250. The van der Waals surface area contributed by atoms with E-state index in [1.165, 1.54) is 21.5 Å². The number of hydrogen-bond acceptors (Lipinski definition) is 0. The van der Waals surface area contributed by atoms with Crippen LogP contribution in [0.4, 0.5) is 26.3 Å². The van der Waals surface area contributed by atoms with Crippen molar-refractivity contribution in [2.45, 2.75) is 58.3 Å². The van der Waals surface area contributed by atoms with Crippen molar-refractivity contribution in [3.05, 3.63) is 113 Å². The summed E-state index contributed by atoms with van der Waals surface area (Å²) in [7, 11) is 10.7. The minimum Gasteiger partial charge on any atom is -0.184 e. The van der Waals surface area contributed by atoms with Crippen LogP contribution in [-0.2, 0) is 45.0 Å². The van der Waals surface area contributed by atoms with Crippen molar-refractivity contribution in [2.75, 3.05) is 0 Å². The van der Waals surface area contributed by atoms with Gasteiger partial charge in [-0.05, 0) is 35.6 Å². The zero-order valence-electron chi connectivity index (χ0n) is 25.5. The molecule has 10 heteroatoms. The van der Waals surface area contributed by atoms with Gasteiger partial charge in [-0.1, -0.05) is 80.3 Å². The van der Waals surface area contributed by atoms with E-state index in [0.717, 1.165) is 45.4 Å². The standard InChI is InChI=1S/C24H23F6.C12H7Si.2ClH.Zr/c1-5-6-14-9-15-7-8-20(22(2,3)4)21(19(15)10-14)16-11-17(23(25,26)27)13-18(12-16)24(28,29)30;1-3-7-11-9(5-1)10-6-2-4-8-12(10)13-11;;;/h7-13H,5-6H2,1-4H3;1-7H;2*1H;/q2*-1;;;+4/p-2. The van der Waals surface area contributed by atoms with E-state index in [4.69, 9.17) is 17.0 Å². The van der Waals surface area contributed by atoms with E-state index in [0.29, 0.717) is 16.5 Å². The first-order chi connectivity index (χ1) is 21.6. The fourth-order valence-electron chi connectivity index (χ4n) is 5.54. The van der Waals surface area contributed by atoms with E-state index in [1.54, 1.807) is 6.07 Å². The number of benzene rings is 4. The molecule has 46 heavy (non-hydrogen) atoms. The second-order valence-corrected chi connectivity index (χ2v) is 16.9. The summed E-state index contributed by atoms with van der Waals surface area (Å²) in [6, 6.07) is 27.5. The molecule has 1 aliphatic rings. The molecule has 2 radical (unpaired) electrons. The van der Waals surface area contributed by atoms with E-state index < -0.39 is 49.7 Å². The molecule has 6 rings (SSSR count). The second kappa shape index (κ2) is 14.9. The zero-order valence-corrected chi connectivity index (χ0v) is 30.5. The molecule has 0 nitrogen and oxygen atoms in total. The van der Waals surface area contributed by atoms with E-state index in [1.807, 2.05) is 52.0 Å². The van der Waals surface area contributed by atoms with Gasteiger partial charge in [-0.25, -0.2) is 0 Å². The van der Waals surface area contributed by atoms with Gasteiger partial charge in [0.2, 0.25) is 0 Å². The Morgan fingerprint density at radius 3 is 2.00 bits per heavy atom. The molecule has 0 aromatic heterocycles. The van der Waals surface area contributed by atoms with Gasteiger partial charge in [0.15, 0.2) is 0 Å². The summed E-state index contributed by atoms with van der Waals surface area (Å²) in [4.78, 5) is 0. The Labute approximate surface area is 287 Å². The third kappa shape index (κ3) is 8.61. The van der Waals surface area contributed by atoms with Gasteiger partial charge < -0.3 is 0 Å². The Morgan fingerprint density at radius 2 is 1.41 bits per heavy atom. The first-order valence-corrected chi connectivity index (χ1v) is 21.8. The molecular weight excluding hydrogens is 737 g/mol. The van der Waals surface area contributed by atoms with Crippen molar-refractivity contribution in [1.29, 1.82) is 0 Å². The van der Waals surface area contributed by atoms with Crippen LogP contribution in [0.15, 0.2) is 84.9 Å². The monoisotopic (exact) mass is 764 g/mol. The molecule has 0 atom stereocenters. The molecule has 0 N–H and O–H groups in total. The van der Waals surface area contributed by atoms with Crippen LogP contribution < -0.4 is 10.4 Å². The van der Waals surface area contributed by atoms with Crippen molar-refractivity contribution in [3.63, 3.8) is 0 Å². The molecule has 0 saturated carbocycles. The maximum atomic E-state index is 13.4. The molecule has 0 amide bonds. The van der Waals surface area contributed by atoms with Crippen molar-refractivity contribution in [3.8, 4) is 22.3 Å². The third-order valence-corrected chi connectivity index (χ3v) is 8.87. The summed E-state index contributed by atoms with van der Waals surface area (Å²) in [5.74, 6) is 0. The van der Waals surface area contributed by atoms with Crippen LogP contribution in [0.5, 0.6) is 0 Å². The third-order valence-electron chi connectivity index (χ3n) is 7.51. The topological polar surface area (TPSA) is 0 Å². The van der Waals surface area contributed by atoms with Crippen LogP contribution in [0.25, 0.3) is 33.0 Å². The van der Waals surface area contributed by atoms with Crippen LogP contribution in [0.1, 0.15) is 56.4 Å². The Morgan fingerprint density at radius 1 is 0.804 bits per heavy atom. The molecule has 0 fully saturated rings. The minimum atomic E-state index is -4.88. The SMILES string of the molecule is CCCc1cc2c(-c3cc(C(F)(F)F)cc(C(F)(F)F)c3)c(C(C)(C)C)ccc2[cH-]1.[Cl][Zr+2][Cl].[c-]1cccc2c1[Si]c1ccccc1-2. The van der Waals surface area contributed by atoms with Crippen LogP contribution in [0.2, 0.25) is 0 Å². The van der Waals surface area contributed by atoms with Crippen molar-refractivity contribution in [2.24, 2.45) is 0 Å². The number of aryl methyl sites for hydroxylation is 1. The normalized spacial score (nSPS) is 12.3. The van der Waals surface area contributed by atoms with Gasteiger partial charge in [-0.2, -0.15) is 61.9 Å². The average Bonchev–Trinajstić information content (AvgIpc) is 3.57. The molecule has 0 spiro atoms. The quantitative estimate of drug-likeness (QED) is 0.0956. The van der Waals surface area contributed by atoms with Gasteiger partial charge in [0.1, 0.15) is 0 Å². The predicted octanol–water partition coefficient (Wildman–Crippen LogP) is 11.0. The Balaban J connectivity index is 0.000000245. The van der Waals surface area contributed by atoms with Gasteiger partial charge >= 0.3 is 50.2 Å². The Hall–Kier alpha value is -2.25. The molecule has 238 valence electrons. The summed E-state index contributed by atoms with van der Waals surface area (Å²) < 4.78 is 80.6. The van der Waals surface area contributed by atoms with Crippen molar-refractivity contribution >= 4 is 47.7 Å². The minimum absolute atomic E-state index is 0.0682. The predicted molar refractivity (Wildman–Crippen MR) is 175 cm³/mol. The number of fused-ring (bicyclic) bond motifs is 4. The van der Waals surface area contributed by atoms with E-state index in [9.17, 15) is 26.3 Å². The van der Waals surface area contributed by atoms with E-state index in [2.05, 4.69) is 42.5 Å². The maximum absolute atomic E-state index is 13.4. The first kappa shape index (κ1) is 36.6. The van der Waals surface area contributed by atoms with Gasteiger partial charge in [0.25, 0.3) is 0 Å². The van der Waals surface area contributed by atoms with Crippen molar-refractivity contribution in [1.82, 2.24) is 0 Å². The smallest absolute Gasteiger partial charge is 0.0920 e. The molecule has 0 saturated heterocycles. The van der Waals surface area contributed by atoms with Crippen LogP contribution in [0.3, 0.4) is 0 Å². The Bertz CT molecular complexity index is 1730. The molecule has 1 heterocycles. The Kier molecular flexibility index (Phi) is 11.8. The summed E-state index contributed by atoms with van der Waals surface area (Å²) in [5.41, 5.74) is 1.77.